The summed E-state index contributed by atoms with van der Waals surface area (Å²) in [6.45, 7) is 4.88. The third kappa shape index (κ3) is 3.84. The molecular formula is C17H23NO3. The van der Waals surface area contributed by atoms with Gasteiger partial charge in [0.05, 0.1) is 5.92 Å². The van der Waals surface area contributed by atoms with Crippen LogP contribution < -0.4 is 0 Å². The van der Waals surface area contributed by atoms with E-state index in [2.05, 4.69) is 0 Å². The summed E-state index contributed by atoms with van der Waals surface area (Å²) >= 11 is 0. The second kappa shape index (κ2) is 6.29. The molecule has 2 rings (SSSR count). The maximum Gasteiger partial charge on any atom is 0.308 e. The zero-order valence-electron chi connectivity index (χ0n) is 12.7. The highest BCUT2D eigenvalue weighted by Crippen LogP contribution is 2.27. The molecule has 1 aliphatic rings. The molecule has 0 saturated carbocycles. The van der Waals surface area contributed by atoms with Crippen LogP contribution in [0.25, 0.3) is 0 Å². The van der Waals surface area contributed by atoms with Gasteiger partial charge in [-0.25, -0.2) is 0 Å². The molecule has 1 amide bonds. The van der Waals surface area contributed by atoms with Crippen molar-refractivity contribution in [3.63, 3.8) is 0 Å². The summed E-state index contributed by atoms with van der Waals surface area (Å²) in [6.07, 6.45) is 2.10. The molecule has 1 N–H and O–H groups in total. The number of aliphatic carboxylic acids is 1. The van der Waals surface area contributed by atoms with Gasteiger partial charge in [0.15, 0.2) is 0 Å². The van der Waals surface area contributed by atoms with Crippen LogP contribution in [0.5, 0.6) is 0 Å². The first-order valence-corrected chi connectivity index (χ1v) is 7.46. The van der Waals surface area contributed by atoms with Crippen molar-refractivity contribution < 1.29 is 14.7 Å². The molecule has 0 radical (unpaired) electrons. The number of carboxylic acid groups (broad SMARTS) is 1. The number of hydrogen-bond acceptors (Lipinski definition) is 2. The molecular weight excluding hydrogens is 266 g/mol. The molecule has 1 saturated heterocycles. The van der Waals surface area contributed by atoms with E-state index in [-0.39, 0.29) is 5.91 Å². The van der Waals surface area contributed by atoms with Crippen LogP contribution in [0, 0.1) is 11.3 Å². The highest BCUT2D eigenvalue weighted by Gasteiger charge is 2.36. The van der Waals surface area contributed by atoms with Crippen molar-refractivity contribution in [1.29, 1.82) is 0 Å². The van der Waals surface area contributed by atoms with E-state index in [1.54, 1.807) is 4.90 Å². The van der Waals surface area contributed by atoms with Crippen LogP contribution in [0.3, 0.4) is 0 Å². The minimum Gasteiger partial charge on any atom is -0.481 e. The fourth-order valence-corrected chi connectivity index (χ4v) is 2.97. The monoisotopic (exact) mass is 289 g/mol. The number of rotatable bonds is 4. The zero-order chi connectivity index (χ0) is 15.5. The Labute approximate surface area is 125 Å². The van der Waals surface area contributed by atoms with Gasteiger partial charge < -0.3 is 10.0 Å². The van der Waals surface area contributed by atoms with Crippen molar-refractivity contribution in [3.05, 3.63) is 35.9 Å². The molecule has 0 unspecified atom stereocenters. The number of likely N-dealkylation sites (tertiary alicyclic amines) is 1. The van der Waals surface area contributed by atoms with E-state index in [1.165, 1.54) is 0 Å². The van der Waals surface area contributed by atoms with E-state index < -0.39 is 17.3 Å². The number of piperidine rings is 1. The lowest BCUT2D eigenvalue weighted by Crippen LogP contribution is -2.48. The van der Waals surface area contributed by atoms with Crippen LogP contribution in [0.1, 0.15) is 32.3 Å². The van der Waals surface area contributed by atoms with Gasteiger partial charge in [0, 0.05) is 18.5 Å². The molecule has 1 heterocycles. The summed E-state index contributed by atoms with van der Waals surface area (Å²) in [6, 6.07) is 9.94. The molecule has 0 spiro atoms. The Kier molecular flexibility index (Phi) is 4.66. The Bertz CT molecular complexity index is 510. The highest BCUT2D eigenvalue weighted by atomic mass is 16.4. The normalized spacial score (nSPS) is 19.3. The van der Waals surface area contributed by atoms with Crippen LogP contribution in [0.2, 0.25) is 0 Å². The summed E-state index contributed by atoms with van der Waals surface area (Å²) in [5.41, 5.74) is 0.615. The standard InChI is InChI=1S/C17H23NO3/c1-17(2,11-13-7-4-3-5-8-13)16(21)18-10-6-9-14(12-18)15(19)20/h3-5,7-8,14H,6,9-12H2,1-2H3,(H,19,20)/t14-/m0/s1. The highest BCUT2D eigenvalue weighted by molar-refractivity contribution is 5.83. The first-order chi connectivity index (χ1) is 9.90. The molecule has 0 aliphatic carbocycles. The largest absolute Gasteiger partial charge is 0.481 e. The maximum absolute atomic E-state index is 12.7. The zero-order valence-corrected chi connectivity index (χ0v) is 12.7. The Hall–Kier alpha value is -1.84. The molecule has 1 aromatic carbocycles. The van der Waals surface area contributed by atoms with Crippen LogP contribution in [0.4, 0.5) is 0 Å². The molecule has 0 aromatic heterocycles. The van der Waals surface area contributed by atoms with E-state index in [4.69, 9.17) is 5.11 Å². The van der Waals surface area contributed by atoms with E-state index in [0.29, 0.717) is 25.9 Å². The number of carbonyl (C=O) groups excluding carboxylic acids is 1. The summed E-state index contributed by atoms with van der Waals surface area (Å²) in [4.78, 5) is 25.6. The van der Waals surface area contributed by atoms with Gasteiger partial charge >= 0.3 is 5.97 Å². The maximum atomic E-state index is 12.7. The number of hydrogen-bond donors (Lipinski definition) is 1. The Morgan fingerprint density at radius 2 is 1.95 bits per heavy atom. The first kappa shape index (κ1) is 15.5. The molecule has 4 nitrogen and oxygen atoms in total. The minimum atomic E-state index is -0.798. The summed E-state index contributed by atoms with van der Waals surface area (Å²) in [5, 5.41) is 9.14. The fraction of sp³-hybridized carbons (Fsp3) is 0.529. The lowest BCUT2D eigenvalue weighted by molar-refractivity contribution is -0.148. The quantitative estimate of drug-likeness (QED) is 0.927. The van der Waals surface area contributed by atoms with Crippen molar-refractivity contribution in [3.8, 4) is 0 Å². The average Bonchev–Trinajstić information content (AvgIpc) is 2.47. The molecule has 4 heteroatoms. The second-order valence-electron chi connectivity index (χ2n) is 6.47. The Balaban J connectivity index is 2.05. The fourth-order valence-electron chi connectivity index (χ4n) is 2.97. The minimum absolute atomic E-state index is 0.0531. The van der Waals surface area contributed by atoms with Crippen LogP contribution in [-0.2, 0) is 16.0 Å². The number of carbonyl (C=O) groups is 2. The van der Waals surface area contributed by atoms with E-state index in [9.17, 15) is 9.59 Å². The summed E-state index contributed by atoms with van der Waals surface area (Å²) in [5.74, 6) is -1.17. The second-order valence-corrected chi connectivity index (χ2v) is 6.47. The predicted octanol–water partition coefficient (Wildman–Crippen LogP) is 2.58. The average molecular weight is 289 g/mol. The molecule has 1 fully saturated rings. The van der Waals surface area contributed by atoms with Gasteiger partial charge in [0.25, 0.3) is 0 Å². The summed E-state index contributed by atoms with van der Waals surface area (Å²) < 4.78 is 0. The van der Waals surface area contributed by atoms with Crippen LogP contribution in [-0.4, -0.2) is 35.0 Å². The van der Waals surface area contributed by atoms with E-state index in [0.717, 1.165) is 12.0 Å². The number of carboxylic acids is 1. The van der Waals surface area contributed by atoms with Crippen molar-refractivity contribution in [2.45, 2.75) is 33.1 Å². The lowest BCUT2D eigenvalue weighted by Gasteiger charge is -2.36. The van der Waals surface area contributed by atoms with Crippen molar-refractivity contribution in [2.75, 3.05) is 13.1 Å². The number of amides is 1. The van der Waals surface area contributed by atoms with Gasteiger partial charge in [0.1, 0.15) is 0 Å². The number of nitrogens with zero attached hydrogens (tertiary/aromatic N) is 1. The van der Waals surface area contributed by atoms with Crippen LogP contribution in [0.15, 0.2) is 30.3 Å². The van der Waals surface area contributed by atoms with Gasteiger partial charge in [-0.15, -0.1) is 0 Å². The number of benzene rings is 1. The van der Waals surface area contributed by atoms with Gasteiger partial charge in [-0.2, -0.15) is 0 Å². The van der Waals surface area contributed by atoms with Crippen molar-refractivity contribution in [2.24, 2.45) is 11.3 Å². The van der Waals surface area contributed by atoms with Crippen molar-refractivity contribution >= 4 is 11.9 Å². The topological polar surface area (TPSA) is 57.6 Å². The molecule has 1 aliphatic heterocycles. The van der Waals surface area contributed by atoms with Gasteiger partial charge in [-0.05, 0) is 24.8 Å². The Morgan fingerprint density at radius 3 is 2.57 bits per heavy atom. The van der Waals surface area contributed by atoms with Crippen LogP contribution >= 0.6 is 0 Å². The third-order valence-electron chi connectivity index (χ3n) is 4.13. The Morgan fingerprint density at radius 1 is 1.29 bits per heavy atom. The molecule has 1 aromatic rings. The SMILES string of the molecule is CC(C)(Cc1ccccc1)C(=O)N1CCC[C@H](C(=O)O)C1. The predicted molar refractivity (Wildman–Crippen MR) is 80.9 cm³/mol. The van der Waals surface area contributed by atoms with Crippen molar-refractivity contribution in [1.82, 2.24) is 4.90 Å². The van der Waals surface area contributed by atoms with Gasteiger partial charge in [0.2, 0.25) is 5.91 Å². The van der Waals surface area contributed by atoms with E-state index in [1.807, 2.05) is 44.2 Å². The smallest absolute Gasteiger partial charge is 0.308 e. The van der Waals surface area contributed by atoms with Gasteiger partial charge in [-0.1, -0.05) is 44.2 Å². The molecule has 114 valence electrons. The van der Waals surface area contributed by atoms with Gasteiger partial charge in [-0.3, -0.25) is 9.59 Å². The third-order valence-corrected chi connectivity index (χ3v) is 4.13. The van der Waals surface area contributed by atoms with E-state index >= 15 is 0 Å². The summed E-state index contributed by atoms with van der Waals surface area (Å²) in [7, 11) is 0. The molecule has 0 bridgehead atoms. The molecule has 1 atom stereocenters. The molecule has 21 heavy (non-hydrogen) atoms. The first-order valence-electron chi connectivity index (χ1n) is 7.46. The lowest BCUT2D eigenvalue weighted by atomic mass is 9.83.